The van der Waals surface area contributed by atoms with E-state index in [2.05, 4.69) is 0 Å². The summed E-state index contributed by atoms with van der Waals surface area (Å²) in [6.07, 6.45) is 1.55. The summed E-state index contributed by atoms with van der Waals surface area (Å²) in [4.78, 5) is 13.2. The predicted molar refractivity (Wildman–Crippen MR) is 65.9 cm³/mol. The number of hydrogen-bond acceptors (Lipinski definition) is 3. The van der Waals surface area contributed by atoms with E-state index in [0.717, 1.165) is 25.6 Å². The molecule has 0 radical (unpaired) electrons. The van der Waals surface area contributed by atoms with Gasteiger partial charge < -0.3 is 15.1 Å². The summed E-state index contributed by atoms with van der Waals surface area (Å²) in [5.41, 5.74) is 0.871. The van der Waals surface area contributed by atoms with Crippen molar-refractivity contribution in [2.24, 2.45) is 0 Å². The van der Waals surface area contributed by atoms with Crippen LogP contribution in [0.2, 0.25) is 5.02 Å². The fourth-order valence-corrected chi connectivity index (χ4v) is 2.07. The SMILES string of the molecule is CO.O=C1CCCN1Cc1cc(O)cc(Cl)c1. The van der Waals surface area contributed by atoms with E-state index in [1.165, 1.54) is 6.07 Å². The molecule has 0 aliphatic carbocycles. The first kappa shape index (κ1) is 13.8. The molecule has 1 aliphatic heterocycles. The van der Waals surface area contributed by atoms with Gasteiger partial charge in [0.15, 0.2) is 0 Å². The van der Waals surface area contributed by atoms with Gasteiger partial charge in [0.25, 0.3) is 0 Å². The lowest BCUT2D eigenvalue weighted by molar-refractivity contribution is -0.128. The molecule has 1 amide bonds. The molecule has 0 saturated carbocycles. The Labute approximate surface area is 105 Å². The highest BCUT2D eigenvalue weighted by Crippen LogP contribution is 2.22. The number of carbonyl (C=O) groups excluding carboxylic acids is 1. The molecule has 5 heteroatoms. The van der Waals surface area contributed by atoms with Crippen LogP contribution in [0.4, 0.5) is 0 Å². The highest BCUT2D eigenvalue weighted by molar-refractivity contribution is 6.30. The summed E-state index contributed by atoms with van der Waals surface area (Å²) < 4.78 is 0. The smallest absolute Gasteiger partial charge is 0.222 e. The molecule has 1 aromatic rings. The number of aliphatic hydroxyl groups excluding tert-OH is 1. The van der Waals surface area contributed by atoms with Crippen LogP contribution in [0.5, 0.6) is 5.75 Å². The topological polar surface area (TPSA) is 60.8 Å². The maximum atomic E-state index is 11.4. The second-order valence-electron chi connectivity index (χ2n) is 3.74. The number of phenolic OH excluding ortho intramolecular Hbond substituents is 1. The van der Waals surface area contributed by atoms with Gasteiger partial charge in [-0.1, -0.05) is 11.6 Å². The summed E-state index contributed by atoms with van der Waals surface area (Å²) in [7, 11) is 1.00. The van der Waals surface area contributed by atoms with E-state index in [-0.39, 0.29) is 11.7 Å². The molecule has 0 aromatic heterocycles. The number of amides is 1. The van der Waals surface area contributed by atoms with Gasteiger partial charge in [-0.3, -0.25) is 4.79 Å². The Morgan fingerprint density at radius 1 is 1.35 bits per heavy atom. The standard InChI is InChI=1S/C11H12ClNO2.CH4O/c12-9-4-8(5-10(14)6-9)7-13-3-1-2-11(13)15;1-2/h4-6,14H,1-3,7H2;2H,1H3. The van der Waals surface area contributed by atoms with Gasteiger partial charge in [0.1, 0.15) is 5.75 Å². The van der Waals surface area contributed by atoms with Gasteiger partial charge in [-0.2, -0.15) is 0 Å². The number of likely N-dealkylation sites (tertiary alicyclic amines) is 1. The van der Waals surface area contributed by atoms with Crippen molar-refractivity contribution in [2.75, 3.05) is 13.7 Å². The van der Waals surface area contributed by atoms with E-state index in [1.807, 2.05) is 0 Å². The predicted octanol–water partition coefficient (Wildman–Crippen LogP) is 1.78. The molecular weight excluding hydrogens is 242 g/mol. The number of phenols is 1. The van der Waals surface area contributed by atoms with Gasteiger partial charge in [-0.05, 0) is 30.2 Å². The fraction of sp³-hybridized carbons (Fsp3) is 0.417. The summed E-state index contributed by atoms with van der Waals surface area (Å²) in [6, 6.07) is 4.89. The largest absolute Gasteiger partial charge is 0.508 e. The van der Waals surface area contributed by atoms with Gasteiger partial charge in [-0.15, -0.1) is 0 Å². The molecule has 0 atom stereocenters. The van der Waals surface area contributed by atoms with Gasteiger partial charge in [0.2, 0.25) is 5.91 Å². The van der Waals surface area contributed by atoms with Crippen LogP contribution in [-0.4, -0.2) is 34.7 Å². The van der Waals surface area contributed by atoms with Crippen LogP contribution in [-0.2, 0) is 11.3 Å². The van der Waals surface area contributed by atoms with Gasteiger partial charge in [0.05, 0.1) is 0 Å². The maximum Gasteiger partial charge on any atom is 0.222 e. The second kappa shape index (κ2) is 6.47. The molecule has 1 heterocycles. The summed E-state index contributed by atoms with van der Waals surface area (Å²) in [6.45, 7) is 1.33. The third kappa shape index (κ3) is 3.91. The molecule has 94 valence electrons. The van der Waals surface area contributed by atoms with E-state index in [4.69, 9.17) is 16.7 Å². The van der Waals surface area contributed by atoms with Crippen LogP contribution in [0, 0.1) is 0 Å². The normalized spacial score (nSPS) is 14.5. The van der Waals surface area contributed by atoms with Crippen molar-refractivity contribution in [2.45, 2.75) is 19.4 Å². The minimum Gasteiger partial charge on any atom is -0.508 e. The van der Waals surface area contributed by atoms with Crippen molar-refractivity contribution < 1.29 is 15.0 Å². The Morgan fingerprint density at radius 2 is 2.06 bits per heavy atom. The number of halogens is 1. The van der Waals surface area contributed by atoms with E-state index in [0.29, 0.717) is 18.0 Å². The number of benzene rings is 1. The van der Waals surface area contributed by atoms with E-state index in [1.54, 1.807) is 17.0 Å². The molecule has 0 bridgehead atoms. The molecule has 1 fully saturated rings. The molecule has 1 saturated heterocycles. The Morgan fingerprint density at radius 3 is 2.59 bits per heavy atom. The lowest BCUT2D eigenvalue weighted by Gasteiger charge is -2.15. The van der Waals surface area contributed by atoms with Crippen molar-refractivity contribution in [1.82, 2.24) is 4.90 Å². The van der Waals surface area contributed by atoms with Gasteiger partial charge in [0, 0.05) is 31.6 Å². The number of carbonyl (C=O) groups is 1. The first-order chi connectivity index (χ1) is 8.15. The molecule has 2 rings (SSSR count). The Bertz CT molecular complexity index is 375. The van der Waals surface area contributed by atoms with Crippen LogP contribution in [0.3, 0.4) is 0 Å². The van der Waals surface area contributed by atoms with E-state index < -0.39 is 0 Å². The number of aliphatic hydroxyl groups is 1. The Balaban J connectivity index is 0.000000686. The average molecular weight is 258 g/mol. The Kier molecular flexibility index (Phi) is 5.25. The molecule has 1 aliphatic rings. The highest BCUT2D eigenvalue weighted by Gasteiger charge is 2.20. The second-order valence-corrected chi connectivity index (χ2v) is 4.17. The molecule has 4 nitrogen and oxygen atoms in total. The summed E-state index contributed by atoms with van der Waals surface area (Å²) in [5.74, 6) is 0.318. The first-order valence-electron chi connectivity index (χ1n) is 5.36. The van der Waals surface area contributed by atoms with Crippen molar-refractivity contribution in [3.05, 3.63) is 28.8 Å². The minimum absolute atomic E-state index is 0.143. The number of rotatable bonds is 2. The summed E-state index contributed by atoms with van der Waals surface area (Å²) in [5, 5.41) is 16.8. The first-order valence-corrected chi connectivity index (χ1v) is 5.74. The third-order valence-electron chi connectivity index (χ3n) is 2.49. The number of nitrogens with zero attached hydrogens (tertiary/aromatic N) is 1. The molecule has 17 heavy (non-hydrogen) atoms. The van der Waals surface area contributed by atoms with Crippen molar-refractivity contribution in [1.29, 1.82) is 0 Å². The van der Waals surface area contributed by atoms with Crippen LogP contribution < -0.4 is 0 Å². The van der Waals surface area contributed by atoms with Crippen LogP contribution in [0.25, 0.3) is 0 Å². The van der Waals surface area contributed by atoms with Crippen LogP contribution >= 0.6 is 11.6 Å². The van der Waals surface area contributed by atoms with Crippen molar-refractivity contribution in [3.63, 3.8) is 0 Å². The zero-order valence-corrected chi connectivity index (χ0v) is 10.4. The average Bonchev–Trinajstić information content (AvgIpc) is 2.66. The minimum atomic E-state index is 0.143. The van der Waals surface area contributed by atoms with Crippen molar-refractivity contribution in [3.8, 4) is 5.75 Å². The van der Waals surface area contributed by atoms with Crippen LogP contribution in [0.15, 0.2) is 18.2 Å². The summed E-state index contributed by atoms with van der Waals surface area (Å²) >= 11 is 5.81. The number of aromatic hydroxyl groups is 1. The van der Waals surface area contributed by atoms with E-state index in [9.17, 15) is 9.90 Å². The Hall–Kier alpha value is -1.26. The number of hydrogen-bond donors (Lipinski definition) is 2. The molecule has 0 spiro atoms. The van der Waals surface area contributed by atoms with Crippen LogP contribution in [0.1, 0.15) is 18.4 Å². The monoisotopic (exact) mass is 257 g/mol. The molecular formula is C12H16ClNO3. The molecule has 1 aromatic carbocycles. The third-order valence-corrected chi connectivity index (χ3v) is 2.71. The fourth-order valence-electron chi connectivity index (χ4n) is 1.82. The van der Waals surface area contributed by atoms with E-state index >= 15 is 0 Å². The quantitative estimate of drug-likeness (QED) is 0.849. The lowest BCUT2D eigenvalue weighted by Crippen LogP contribution is -2.23. The highest BCUT2D eigenvalue weighted by atomic mass is 35.5. The molecule has 0 unspecified atom stereocenters. The zero-order chi connectivity index (χ0) is 12.8. The van der Waals surface area contributed by atoms with Gasteiger partial charge in [-0.25, -0.2) is 0 Å². The zero-order valence-electron chi connectivity index (χ0n) is 9.69. The lowest BCUT2D eigenvalue weighted by atomic mass is 10.2. The maximum absolute atomic E-state index is 11.4. The molecule has 2 N–H and O–H groups in total. The van der Waals surface area contributed by atoms with Gasteiger partial charge >= 0.3 is 0 Å². The van der Waals surface area contributed by atoms with Crippen molar-refractivity contribution >= 4 is 17.5 Å².